The Morgan fingerprint density at radius 2 is 1.95 bits per heavy atom. The molecule has 5 nitrogen and oxygen atoms in total. The van der Waals surface area contributed by atoms with Crippen molar-refractivity contribution in [1.29, 1.82) is 0 Å². The first-order valence-corrected chi connectivity index (χ1v) is 9.15. The van der Waals surface area contributed by atoms with Gasteiger partial charge in [-0.1, -0.05) is 39.1 Å². The summed E-state index contributed by atoms with van der Waals surface area (Å²) in [5.41, 5.74) is 0. The van der Waals surface area contributed by atoms with Crippen LogP contribution in [0, 0.1) is 0 Å². The van der Waals surface area contributed by atoms with Crippen LogP contribution in [0.15, 0.2) is 21.5 Å². The molecule has 1 fully saturated rings. The van der Waals surface area contributed by atoms with E-state index in [9.17, 15) is 13.5 Å². The van der Waals surface area contributed by atoms with E-state index in [1.54, 1.807) is 6.92 Å². The molecular formula is C12H14BrCl2NO4S. The second-order valence-corrected chi connectivity index (χ2v) is 8.38. The first-order chi connectivity index (χ1) is 9.75. The Bertz CT molecular complexity index is 617. The molecule has 9 heteroatoms. The lowest BCUT2D eigenvalue weighted by atomic mass is 10.2. The van der Waals surface area contributed by atoms with Gasteiger partial charge < -0.3 is 9.84 Å². The summed E-state index contributed by atoms with van der Waals surface area (Å²) in [6, 6.07) is 2.96. The van der Waals surface area contributed by atoms with Crippen LogP contribution in [0.3, 0.4) is 0 Å². The van der Waals surface area contributed by atoms with Gasteiger partial charge in [-0.3, -0.25) is 0 Å². The van der Waals surface area contributed by atoms with E-state index >= 15 is 0 Å². The fourth-order valence-electron chi connectivity index (χ4n) is 2.20. The van der Waals surface area contributed by atoms with E-state index in [0.29, 0.717) is 4.47 Å². The Kier molecular flexibility index (Phi) is 5.57. The van der Waals surface area contributed by atoms with Crippen molar-refractivity contribution in [3.63, 3.8) is 0 Å². The smallest absolute Gasteiger partial charge is 0.246 e. The number of rotatable bonds is 3. The number of aliphatic hydroxyl groups excluding tert-OH is 1. The maximum Gasteiger partial charge on any atom is 0.246 e. The summed E-state index contributed by atoms with van der Waals surface area (Å²) >= 11 is 15.3. The van der Waals surface area contributed by atoms with Gasteiger partial charge in [0.25, 0.3) is 0 Å². The lowest BCUT2D eigenvalue weighted by molar-refractivity contribution is -0.0750. The number of nitrogens with zero attached hydrogens (tertiary/aromatic N) is 1. The highest BCUT2D eigenvalue weighted by molar-refractivity contribution is 9.10. The molecule has 0 aliphatic carbocycles. The van der Waals surface area contributed by atoms with Crippen LogP contribution in [-0.4, -0.2) is 49.7 Å². The summed E-state index contributed by atoms with van der Waals surface area (Å²) in [5, 5.41) is 9.30. The van der Waals surface area contributed by atoms with Gasteiger partial charge in [-0.25, -0.2) is 8.42 Å². The Hall–Kier alpha value is 0.110. The molecule has 0 amide bonds. The molecule has 0 saturated carbocycles. The van der Waals surface area contributed by atoms with E-state index in [-0.39, 0.29) is 40.7 Å². The predicted molar refractivity (Wildman–Crippen MR) is 84.3 cm³/mol. The molecule has 1 saturated heterocycles. The summed E-state index contributed by atoms with van der Waals surface area (Å²) in [6.45, 7) is 1.74. The van der Waals surface area contributed by atoms with E-state index in [1.807, 2.05) is 0 Å². The highest BCUT2D eigenvalue weighted by Crippen LogP contribution is 2.35. The van der Waals surface area contributed by atoms with Crippen LogP contribution in [-0.2, 0) is 14.8 Å². The zero-order valence-electron chi connectivity index (χ0n) is 11.1. The number of hydrogen-bond donors (Lipinski definition) is 1. The molecule has 0 bridgehead atoms. The van der Waals surface area contributed by atoms with Crippen LogP contribution in [0.4, 0.5) is 0 Å². The van der Waals surface area contributed by atoms with Crippen molar-refractivity contribution in [1.82, 2.24) is 4.31 Å². The molecule has 2 atom stereocenters. The van der Waals surface area contributed by atoms with Crippen molar-refractivity contribution >= 4 is 49.2 Å². The molecule has 118 valence electrons. The maximum absolute atomic E-state index is 12.8. The lowest BCUT2D eigenvalue weighted by Gasteiger charge is -2.35. The molecule has 1 aliphatic heterocycles. The highest BCUT2D eigenvalue weighted by Gasteiger charge is 2.36. The topological polar surface area (TPSA) is 66.8 Å². The summed E-state index contributed by atoms with van der Waals surface area (Å²) < 4.78 is 32.8. The van der Waals surface area contributed by atoms with Gasteiger partial charge in [0, 0.05) is 17.6 Å². The van der Waals surface area contributed by atoms with Crippen LogP contribution >= 0.6 is 39.1 Å². The van der Waals surface area contributed by atoms with Crippen molar-refractivity contribution in [2.75, 3.05) is 19.7 Å². The Morgan fingerprint density at radius 3 is 2.48 bits per heavy atom. The molecule has 2 unspecified atom stereocenters. The molecule has 21 heavy (non-hydrogen) atoms. The summed E-state index contributed by atoms with van der Waals surface area (Å²) in [5.74, 6) is 0. The first kappa shape index (κ1) is 17.5. The molecule has 0 spiro atoms. The van der Waals surface area contributed by atoms with E-state index in [0.717, 1.165) is 0 Å². The fraction of sp³-hybridized carbons (Fsp3) is 0.500. The third kappa shape index (κ3) is 3.72. The third-order valence-electron chi connectivity index (χ3n) is 3.06. The maximum atomic E-state index is 12.8. The third-order valence-corrected chi connectivity index (χ3v) is 6.27. The average molecular weight is 419 g/mol. The van der Waals surface area contributed by atoms with E-state index < -0.39 is 16.1 Å². The zero-order chi connectivity index (χ0) is 15.8. The van der Waals surface area contributed by atoms with Gasteiger partial charge in [-0.05, 0) is 19.1 Å². The van der Waals surface area contributed by atoms with Gasteiger partial charge in [0.2, 0.25) is 10.0 Å². The molecular weight excluding hydrogens is 405 g/mol. The molecule has 1 aliphatic rings. The van der Waals surface area contributed by atoms with Gasteiger partial charge >= 0.3 is 0 Å². The second-order valence-electron chi connectivity index (χ2n) is 4.77. The Morgan fingerprint density at radius 1 is 1.38 bits per heavy atom. The van der Waals surface area contributed by atoms with Gasteiger partial charge in [-0.15, -0.1) is 0 Å². The van der Waals surface area contributed by atoms with Gasteiger partial charge in [0.1, 0.15) is 4.90 Å². The lowest BCUT2D eigenvalue weighted by Crippen LogP contribution is -2.50. The number of benzene rings is 1. The van der Waals surface area contributed by atoms with Crippen molar-refractivity contribution < 1.29 is 18.3 Å². The average Bonchev–Trinajstić information content (AvgIpc) is 2.36. The van der Waals surface area contributed by atoms with Crippen LogP contribution in [0.1, 0.15) is 6.92 Å². The van der Waals surface area contributed by atoms with Crippen molar-refractivity contribution in [3.05, 3.63) is 26.7 Å². The van der Waals surface area contributed by atoms with Crippen molar-refractivity contribution in [2.45, 2.75) is 24.0 Å². The Labute approximate surface area is 142 Å². The Balaban J connectivity index is 2.43. The molecule has 1 aromatic carbocycles. The van der Waals surface area contributed by atoms with Gasteiger partial charge in [0.15, 0.2) is 0 Å². The number of sulfonamides is 1. The van der Waals surface area contributed by atoms with Crippen molar-refractivity contribution in [3.8, 4) is 0 Å². The summed E-state index contributed by atoms with van der Waals surface area (Å²) in [6.07, 6.45) is -0.879. The number of ether oxygens (including phenoxy) is 1. The molecule has 0 radical (unpaired) electrons. The van der Waals surface area contributed by atoms with Gasteiger partial charge in [-0.2, -0.15) is 4.31 Å². The van der Waals surface area contributed by atoms with Gasteiger partial charge in [0.05, 0.1) is 28.9 Å². The first-order valence-electron chi connectivity index (χ1n) is 6.16. The number of hydrogen-bond acceptors (Lipinski definition) is 4. The molecule has 2 rings (SSSR count). The minimum atomic E-state index is -3.86. The number of morpholine rings is 1. The minimum absolute atomic E-state index is 0.0501. The standard InChI is InChI=1S/C12H14BrCl2NO4S/c1-7-4-16(5-9(6-17)20-7)21(18,19)12-10(14)2-8(13)3-11(12)15/h2-3,7,9,17H,4-6H2,1H3. The van der Waals surface area contributed by atoms with Crippen LogP contribution < -0.4 is 0 Å². The molecule has 1 heterocycles. The SMILES string of the molecule is CC1CN(S(=O)(=O)c2c(Cl)cc(Br)cc2Cl)CC(CO)O1. The normalized spacial score (nSPS) is 24.2. The van der Waals surface area contributed by atoms with Crippen LogP contribution in [0.2, 0.25) is 10.0 Å². The van der Waals surface area contributed by atoms with E-state index in [1.165, 1.54) is 16.4 Å². The zero-order valence-corrected chi connectivity index (χ0v) is 15.0. The largest absolute Gasteiger partial charge is 0.394 e. The molecule has 0 aromatic heterocycles. The number of halogens is 3. The summed E-state index contributed by atoms with van der Waals surface area (Å²) in [7, 11) is -3.86. The fourth-order valence-corrected chi connectivity index (χ4v) is 5.64. The quantitative estimate of drug-likeness (QED) is 0.818. The van der Waals surface area contributed by atoms with Crippen molar-refractivity contribution in [2.24, 2.45) is 0 Å². The molecule has 1 aromatic rings. The van der Waals surface area contributed by atoms with Crippen LogP contribution in [0.5, 0.6) is 0 Å². The molecule has 1 N–H and O–H groups in total. The van der Waals surface area contributed by atoms with Crippen LogP contribution in [0.25, 0.3) is 0 Å². The van der Waals surface area contributed by atoms with E-state index in [2.05, 4.69) is 15.9 Å². The second kappa shape index (κ2) is 6.70. The summed E-state index contributed by atoms with van der Waals surface area (Å²) in [4.78, 5) is -0.125. The van der Waals surface area contributed by atoms with E-state index in [4.69, 9.17) is 27.9 Å². The minimum Gasteiger partial charge on any atom is -0.394 e. The predicted octanol–water partition coefficient (Wildman–Crippen LogP) is 2.53. The monoisotopic (exact) mass is 417 g/mol. The number of aliphatic hydroxyl groups is 1. The highest BCUT2D eigenvalue weighted by atomic mass is 79.9.